The average Bonchev–Trinajstić information content (AvgIpc) is 3.01. The third-order valence-electron chi connectivity index (χ3n) is 4.86. The third-order valence-corrected chi connectivity index (χ3v) is 5.79. The van der Waals surface area contributed by atoms with Crippen LogP contribution in [0.25, 0.3) is 28.6 Å². The largest absolute Gasteiger partial charge is 0.430 e. The Kier molecular flexibility index (Phi) is 6.73. The number of nitrogen functional groups attached to an aromatic ring is 1. The second-order valence-corrected chi connectivity index (χ2v) is 8.39. The van der Waals surface area contributed by atoms with Crippen molar-refractivity contribution in [2.45, 2.75) is 24.2 Å². The minimum Gasteiger partial charge on any atom is -0.395 e. The first-order valence-electron chi connectivity index (χ1n) is 9.64. The maximum atomic E-state index is 12.8. The van der Waals surface area contributed by atoms with Crippen LogP contribution in [-0.2, 0) is 13.2 Å². The lowest BCUT2D eigenvalue weighted by molar-refractivity contribution is -0.137. The standard InChI is InChI=1S/C22H20F6N4S/c1-3-33-17-10-13(12-4-7-14(8-5-12)21(23,24)25)6-9-15(17)20-31-16(19(30)32(20)2)11-18(29)22(26,27)28/h4-11H,3,29-30H2,1-2H3/b18-11-. The normalized spacial score (nSPS) is 12.9. The minimum absolute atomic E-state index is 0.0106. The van der Waals surface area contributed by atoms with Crippen LogP contribution in [0, 0.1) is 0 Å². The molecule has 0 atom stereocenters. The van der Waals surface area contributed by atoms with Crippen molar-refractivity contribution in [2.24, 2.45) is 12.8 Å². The summed E-state index contributed by atoms with van der Waals surface area (Å²) >= 11 is 1.46. The Morgan fingerprint density at radius 1 is 1.03 bits per heavy atom. The van der Waals surface area contributed by atoms with Crippen molar-refractivity contribution in [3.05, 3.63) is 59.4 Å². The first-order valence-corrected chi connectivity index (χ1v) is 10.6. The molecule has 0 unspecified atom stereocenters. The molecule has 4 N–H and O–H groups in total. The topological polar surface area (TPSA) is 69.9 Å². The summed E-state index contributed by atoms with van der Waals surface area (Å²) in [5.41, 5.74) is 10.8. The molecule has 2 aromatic carbocycles. The van der Waals surface area contributed by atoms with Crippen LogP contribution in [-0.4, -0.2) is 21.5 Å². The maximum absolute atomic E-state index is 12.8. The summed E-state index contributed by atoms with van der Waals surface area (Å²) in [6.45, 7) is 1.92. The molecule has 3 rings (SSSR count). The summed E-state index contributed by atoms with van der Waals surface area (Å²) < 4.78 is 78.5. The Morgan fingerprint density at radius 2 is 1.64 bits per heavy atom. The summed E-state index contributed by atoms with van der Waals surface area (Å²) in [7, 11) is 1.57. The molecule has 0 spiro atoms. The van der Waals surface area contributed by atoms with Gasteiger partial charge in [0.15, 0.2) is 0 Å². The molecule has 4 nitrogen and oxygen atoms in total. The van der Waals surface area contributed by atoms with Crippen molar-refractivity contribution in [2.75, 3.05) is 11.5 Å². The minimum atomic E-state index is -4.71. The van der Waals surface area contributed by atoms with Crippen LogP contribution < -0.4 is 11.5 Å². The number of nitrogens with zero attached hydrogens (tertiary/aromatic N) is 2. The van der Waals surface area contributed by atoms with E-state index in [0.717, 1.165) is 17.0 Å². The molecule has 1 heterocycles. The van der Waals surface area contributed by atoms with Crippen LogP contribution in [0.15, 0.2) is 53.1 Å². The summed E-state index contributed by atoms with van der Waals surface area (Å²) in [6, 6.07) is 10.0. The molecule has 0 aliphatic heterocycles. The zero-order valence-electron chi connectivity index (χ0n) is 17.6. The van der Waals surface area contributed by atoms with E-state index in [9.17, 15) is 26.3 Å². The van der Waals surface area contributed by atoms with Gasteiger partial charge in [-0.2, -0.15) is 26.3 Å². The van der Waals surface area contributed by atoms with Crippen molar-refractivity contribution >= 4 is 23.7 Å². The SMILES string of the molecule is CCSc1cc(-c2ccc(C(F)(F)F)cc2)ccc1-c1nc(/C=C(\N)C(F)(F)F)c(N)n1C. The van der Waals surface area contributed by atoms with Crippen LogP contribution in [0.1, 0.15) is 18.2 Å². The molecule has 0 aliphatic carbocycles. The summed E-state index contributed by atoms with van der Waals surface area (Å²) in [5, 5.41) is 0. The zero-order chi connectivity index (χ0) is 24.6. The van der Waals surface area contributed by atoms with Crippen molar-refractivity contribution in [3.63, 3.8) is 0 Å². The molecule has 176 valence electrons. The van der Waals surface area contributed by atoms with Gasteiger partial charge in [-0.3, -0.25) is 0 Å². The number of hydrogen-bond donors (Lipinski definition) is 2. The molecule has 33 heavy (non-hydrogen) atoms. The predicted molar refractivity (Wildman–Crippen MR) is 118 cm³/mol. The van der Waals surface area contributed by atoms with Crippen molar-refractivity contribution in [1.82, 2.24) is 9.55 Å². The number of rotatable bonds is 5. The van der Waals surface area contributed by atoms with Crippen LogP contribution in [0.3, 0.4) is 0 Å². The first-order chi connectivity index (χ1) is 15.3. The molecular formula is C22H20F6N4S. The monoisotopic (exact) mass is 486 g/mol. The van der Waals surface area contributed by atoms with Gasteiger partial charge in [-0.25, -0.2) is 4.98 Å². The second kappa shape index (κ2) is 9.05. The maximum Gasteiger partial charge on any atom is 0.430 e. The van der Waals surface area contributed by atoms with Gasteiger partial charge in [0.2, 0.25) is 0 Å². The fraction of sp³-hybridized carbons (Fsp3) is 0.227. The molecule has 0 amide bonds. The van der Waals surface area contributed by atoms with E-state index in [0.29, 0.717) is 34.3 Å². The van der Waals surface area contributed by atoms with E-state index >= 15 is 0 Å². The number of nitrogens with two attached hydrogens (primary N) is 2. The highest BCUT2D eigenvalue weighted by molar-refractivity contribution is 7.99. The molecule has 0 fully saturated rings. The lowest BCUT2D eigenvalue weighted by Gasteiger charge is -2.12. The molecule has 0 radical (unpaired) electrons. The molecule has 3 aromatic rings. The number of alkyl halides is 6. The number of halogens is 6. The zero-order valence-corrected chi connectivity index (χ0v) is 18.4. The van der Waals surface area contributed by atoms with Gasteiger partial charge in [0.1, 0.15) is 23.0 Å². The molecule has 0 saturated heterocycles. The predicted octanol–water partition coefficient (Wildman–Crippen LogP) is 6.33. The fourth-order valence-corrected chi connectivity index (χ4v) is 3.96. The van der Waals surface area contributed by atoms with Gasteiger partial charge in [-0.15, -0.1) is 11.8 Å². The summed E-state index contributed by atoms with van der Waals surface area (Å²) in [5.74, 6) is 1.03. The molecule has 11 heteroatoms. The van der Waals surface area contributed by atoms with E-state index in [-0.39, 0.29) is 11.5 Å². The number of allylic oxidation sites excluding steroid dienone is 1. The van der Waals surface area contributed by atoms with Gasteiger partial charge in [0.25, 0.3) is 0 Å². The Balaban J connectivity index is 2.06. The van der Waals surface area contributed by atoms with Crippen molar-refractivity contribution in [1.29, 1.82) is 0 Å². The van der Waals surface area contributed by atoms with E-state index in [1.165, 1.54) is 28.5 Å². The van der Waals surface area contributed by atoms with Crippen LogP contribution in [0.4, 0.5) is 32.2 Å². The lowest BCUT2D eigenvalue weighted by Crippen LogP contribution is -2.19. The van der Waals surface area contributed by atoms with Gasteiger partial charge in [0.05, 0.1) is 5.56 Å². The summed E-state index contributed by atoms with van der Waals surface area (Å²) in [6.07, 6.45) is -8.45. The molecular weight excluding hydrogens is 466 g/mol. The van der Waals surface area contributed by atoms with E-state index in [2.05, 4.69) is 4.98 Å². The van der Waals surface area contributed by atoms with Crippen LogP contribution in [0.5, 0.6) is 0 Å². The van der Waals surface area contributed by atoms with Gasteiger partial charge >= 0.3 is 12.4 Å². The fourth-order valence-electron chi connectivity index (χ4n) is 3.12. The summed E-state index contributed by atoms with van der Waals surface area (Å²) in [4.78, 5) is 5.01. The number of thioether (sulfide) groups is 1. The Morgan fingerprint density at radius 3 is 2.18 bits per heavy atom. The molecule has 1 aromatic heterocycles. The highest BCUT2D eigenvalue weighted by atomic mass is 32.2. The lowest BCUT2D eigenvalue weighted by atomic mass is 10.0. The Bertz CT molecular complexity index is 1180. The quantitative estimate of drug-likeness (QED) is 0.327. The van der Waals surface area contributed by atoms with Gasteiger partial charge in [-0.1, -0.05) is 25.1 Å². The molecule has 0 bridgehead atoms. The van der Waals surface area contributed by atoms with E-state index < -0.39 is 23.6 Å². The highest BCUT2D eigenvalue weighted by Crippen LogP contribution is 2.37. The average molecular weight is 486 g/mol. The number of hydrogen-bond acceptors (Lipinski definition) is 4. The van der Waals surface area contributed by atoms with E-state index in [4.69, 9.17) is 11.5 Å². The Labute approximate surface area is 190 Å². The molecule has 0 aliphatic rings. The van der Waals surface area contributed by atoms with E-state index in [1.54, 1.807) is 25.2 Å². The molecule has 0 saturated carbocycles. The van der Waals surface area contributed by atoms with Crippen LogP contribution >= 0.6 is 11.8 Å². The Hall–Kier alpha value is -3.08. The van der Waals surface area contributed by atoms with Gasteiger partial charge in [0, 0.05) is 17.5 Å². The number of imidazole rings is 1. The second-order valence-electron chi connectivity index (χ2n) is 7.08. The third kappa shape index (κ3) is 5.29. The van der Waals surface area contributed by atoms with Crippen LogP contribution in [0.2, 0.25) is 0 Å². The van der Waals surface area contributed by atoms with Crippen molar-refractivity contribution in [3.8, 4) is 22.5 Å². The number of aromatic nitrogens is 2. The highest BCUT2D eigenvalue weighted by Gasteiger charge is 2.32. The van der Waals surface area contributed by atoms with Crippen molar-refractivity contribution < 1.29 is 26.3 Å². The van der Waals surface area contributed by atoms with Gasteiger partial charge < -0.3 is 16.0 Å². The number of anilines is 1. The first kappa shape index (κ1) is 24.6. The van der Waals surface area contributed by atoms with E-state index in [1.807, 2.05) is 6.92 Å². The number of benzene rings is 2. The van der Waals surface area contributed by atoms with Gasteiger partial charge in [-0.05, 0) is 47.2 Å². The smallest absolute Gasteiger partial charge is 0.395 e.